The average molecular weight is 262 g/mol. The van der Waals surface area contributed by atoms with Crippen LogP contribution in [0.5, 0.6) is 0 Å². The predicted octanol–water partition coefficient (Wildman–Crippen LogP) is 2.08. The zero-order valence-corrected chi connectivity index (χ0v) is 11.6. The van der Waals surface area contributed by atoms with Crippen molar-refractivity contribution in [2.45, 2.75) is 32.6 Å². The highest BCUT2D eigenvalue weighted by atomic mass is 16.5. The summed E-state index contributed by atoms with van der Waals surface area (Å²) in [7, 11) is 0. The fraction of sp³-hybridized carbons (Fsp3) is 0.467. The molecule has 0 radical (unpaired) electrons. The van der Waals surface area contributed by atoms with E-state index in [0.29, 0.717) is 19.5 Å². The number of benzene rings is 1. The molecule has 0 saturated carbocycles. The van der Waals surface area contributed by atoms with E-state index in [1.165, 1.54) is 10.9 Å². The smallest absolute Gasteiger partial charge is 0.224 e. The van der Waals surface area contributed by atoms with E-state index in [2.05, 4.69) is 11.1 Å². The Labute approximate surface area is 113 Å². The Morgan fingerprint density at radius 1 is 1.21 bits per heavy atom. The number of hydrogen-bond donors (Lipinski definition) is 3. The fourth-order valence-electron chi connectivity index (χ4n) is 2.41. The molecule has 0 atom stereocenters. The molecular weight excluding hydrogens is 240 g/mol. The minimum absolute atomic E-state index is 0.300. The van der Waals surface area contributed by atoms with Crippen LogP contribution in [0.3, 0.4) is 0 Å². The molecule has 1 heterocycles. The first-order valence-electron chi connectivity index (χ1n) is 6.83. The van der Waals surface area contributed by atoms with E-state index in [4.69, 9.17) is 0 Å². The molecule has 0 spiro atoms. The number of aliphatic hydroxyl groups is 2. The van der Waals surface area contributed by atoms with Crippen molar-refractivity contribution < 1.29 is 10.2 Å². The second kappa shape index (κ2) is 5.74. The predicted molar refractivity (Wildman–Crippen MR) is 76.7 cm³/mol. The van der Waals surface area contributed by atoms with Crippen LogP contribution in [0.25, 0.3) is 10.9 Å². The lowest BCUT2D eigenvalue weighted by atomic mass is 10.1. The van der Waals surface area contributed by atoms with Gasteiger partial charge in [-0.15, -0.1) is 0 Å². The molecule has 1 aromatic carbocycles. The van der Waals surface area contributed by atoms with Crippen molar-refractivity contribution in [2.24, 2.45) is 0 Å². The molecule has 4 nitrogen and oxygen atoms in total. The Bertz CT molecular complexity index is 534. The summed E-state index contributed by atoms with van der Waals surface area (Å²) in [6, 6.07) is 8.16. The van der Waals surface area contributed by atoms with Crippen LogP contribution in [0.4, 0.5) is 0 Å². The molecule has 2 aromatic rings. The van der Waals surface area contributed by atoms with E-state index in [9.17, 15) is 10.2 Å². The zero-order valence-electron chi connectivity index (χ0n) is 11.6. The van der Waals surface area contributed by atoms with E-state index in [1.807, 2.05) is 31.3 Å². The van der Waals surface area contributed by atoms with Crippen LogP contribution < -0.4 is 0 Å². The second-order valence-corrected chi connectivity index (χ2v) is 4.82. The summed E-state index contributed by atoms with van der Waals surface area (Å²) in [5, 5.41) is 21.0. The minimum atomic E-state index is -1.71. The normalized spacial score (nSPS) is 12.5. The maximum Gasteiger partial charge on any atom is 0.224 e. The van der Waals surface area contributed by atoms with Gasteiger partial charge in [-0.2, -0.15) is 0 Å². The van der Waals surface area contributed by atoms with Crippen molar-refractivity contribution in [1.29, 1.82) is 0 Å². The van der Waals surface area contributed by atoms with Crippen LogP contribution >= 0.6 is 0 Å². The Morgan fingerprint density at radius 3 is 2.63 bits per heavy atom. The van der Waals surface area contributed by atoms with Crippen molar-refractivity contribution in [2.75, 3.05) is 13.1 Å². The number of aromatic amines is 1. The highest BCUT2D eigenvalue weighted by Crippen LogP contribution is 2.20. The van der Waals surface area contributed by atoms with Gasteiger partial charge in [0.1, 0.15) is 0 Å². The number of likely N-dealkylation sites (N-methyl/N-ethyl adjacent to an activating group) is 1. The van der Waals surface area contributed by atoms with Crippen molar-refractivity contribution in [1.82, 2.24) is 9.88 Å². The average Bonchev–Trinajstić information content (AvgIpc) is 2.83. The molecule has 104 valence electrons. The Hall–Kier alpha value is -1.36. The van der Waals surface area contributed by atoms with Crippen LogP contribution in [-0.4, -0.2) is 39.1 Å². The summed E-state index contributed by atoms with van der Waals surface area (Å²) in [6.45, 7) is 4.95. The fourth-order valence-corrected chi connectivity index (χ4v) is 2.41. The van der Waals surface area contributed by atoms with Crippen LogP contribution in [0.1, 0.15) is 25.8 Å². The number of rotatable bonds is 6. The lowest BCUT2D eigenvalue weighted by molar-refractivity contribution is -0.263. The van der Waals surface area contributed by atoms with Gasteiger partial charge in [0.15, 0.2) is 0 Å². The first-order valence-corrected chi connectivity index (χ1v) is 6.83. The molecule has 0 aliphatic carbocycles. The van der Waals surface area contributed by atoms with Crippen LogP contribution in [0.2, 0.25) is 0 Å². The molecule has 1 aromatic heterocycles. The third-order valence-electron chi connectivity index (χ3n) is 3.69. The summed E-state index contributed by atoms with van der Waals surface area (Å²) in [4.78, 5) is 4.93. The highest BCUT2D eigenvalue weighted by Gasteiger charge is 2.28. The van der Waals surface area contributed by atoms with E-state index in [-0.39, 0.29) is 0 Å². The summed E-state index contributed by atoms with van der Waals surface area (Å²) < 4.78 is 0. The number of fused-ring (bicyclic) bond motifs is 1. The van der Waals surface area contributed by atoms with Gasteiger partial charge in [0.2, 0.25) is 5.91 Å². The van der Waals surface area contributed by atoms with E-state index in [1.54, 1.807) is 11.8 Å². The number of nitrogens with zero attached hydrogens (tertiary/aromatic N) is 1. The van der Waals surface area contributed by atoms with Crippen molar-refractivity contribution >= 4 is 10.9 Å². The van der Waals surface area contributed by atoms with Gasteiger partial charge < -0.3 is 15.2 Å². The van der Waals surface area contributed by atoms with Gasteiger partial charge in [-0.25, -0.2) is 0 Å². The molecule has 0 aliphatic rings. The molecule has 0 unspecified atom stereocenters. The zero-order chi connectivity index (χ0) is 13.9. The van der Waals surface area contributed by atoms with Crippen molar-refractivity contribution in [3.63, 3.8) is 0 Å². The maximum absolute atomic E-state index is 9.90. The number of nitrogens with one attached hydrogen (secondary N) is 1. The minimum Gasteiger partial charge on any atom is -0.361 e. The van der Waals surface area contributed by atoms with E-state index in [0.717, 1.165) is 11.9 Å². The van der Waals surface area contributed by atoms with Crippen molar-refractivity contribution in [3.05, 3.63) is 36.0 Å². The molecule has 3 N–H and O–H groups in total. The van der Waals surface area contributed by atoms with E-state index < -0.39 is 5.91 Å². The van der Waals surface area contributed by atoms with Crippen molar-refractivity contribution in [3.8, 4) is 0 Å². The molecule has 0 bridgehead atoms. The van der Waals surface area contributed by atoms with Gasteiger partial charge in [-0.05, 0) is 18.1 Å². The molecule has 0 fully saturated rings. The topological polar surface area (TPSA) is 59.5 Å². The Kier molecular flexibility index (Phi) is 4.24. The number of hydrogen-bond acceptors (Lipinski definition) is 3. The lowest BCUT2D eigenvalue weighted by Crippen LogP contribution is -2.49. The first kappa shape index (κ1) is 14.1. The largest absolute Gasteiger partial charge is 0.361 e. The van der Waals surface area contributed by atoms with Gasteiger partial charge in [0, 0.05) is 36.6 Å². The second-order valence-electron chi connectivity index (χ2n) is 4.82. The van der Waals surface area contributed by atoms with Crippen LogP contribution in [0.15, 0.2) is 30.5 Å². The quantitative estimate of drug-likeness (QED) is 0.699. The molecule has 0 amide bonds. The number of para-hydroxylation sites is 1. The van der Waals surface area contributed by atoms with Crippen LogP contribution in [0, 0.1) is 0 Å². The number of H-pyrrole nitrogens is 1. The molecular formula is C15H22N2O2. The highest BCUT2D eigenvalue weighted by molar-refractivity contribution is 5.83. The molecule has 0 aliphatic heterocycles. The van der Waals surface area contributed by atoms with Gasteiger partial charge in [0.25, 0.3) is 0 Å². The molecule has 19 heavy (non-hydrogen) atoms. The molecule has 2 rings (SSSR count). The third kappa shape index (κ3) is 2.97. The van der Waals surface area contributed by atoms with Gasteiger partial charge in [-0.1, -0.05) is 32.0 Å². The third-order valence-corrected chi connectivity index (χ3v) is 3.69. The molecule has 4 heteroatoms. The number of aromatic nitrogens is 1. The summed E-state index contributed by atoms with van der Waals surface area (Å²) >= 11 is 0. The van der Waals surface area contributed by atoms with Gasteiger partial charge in [0.05, 0.1) is 0 Å². The summed E-state index contributed by atoms with van der Waals surface area (Å²) in [5.74, 6) is -1.71. The Balaban J connectivity index is 2.09. The lowest BCUT2D eigenvalue weighted by Gasteiger charge is -2.33. The summed E-state index contributed by atoms with van der Waals surface area (Å²) in [6.07, 6.45) is 3.09. The van der Waals surface area contributed by atoms with E-state index >= 15 is 0 Å². The Morgan fingerprint density at radius 2 is 1.95 bits per heavy atom. The molecule has 0 saturated heterocycles. The standard InChI is InChI=1S/C15H22N2O2/c1-3-15(18,19)17(4-2)10-9-12-11-16-14-8-6-5-7-13(12)14/h5-8,11,16,18-19H,3-4,9-10H2,1-2H3. The monoisotopic (exact) mass is 262 g/mol. The SMILES string of the molecule is CCN(CCc1c[nH]c2ccccc12)C(O)(O)CC. The van der Waals surface area contributed by atoms with Gasteiger partial charge in [-0.3, -0.25) is 4.90 Å². The first-order chi connectivity index (χ1) is 9.08. The van der Waals surface area contributed by atoms with Gasteiger partial charge >= 0.3 is 0 Å². The maximum atomic E-state index is 9.90. The summed E-state index contributed by atoms with van der Waals surface area (Å²) in [5.41, 5.74) is 2.33. The van der Waals surface area contributed by atoms with Crippen LogP contribution in [-0.2, 0) is 6.42 Å².